The van der Waals surface area contributed by atoms with Crippen LogP contribution in [0, 0.1) is 0 Å². The third-order valence-electron chi connectivity index (χ3n) is 4.86. The van der Waals surface area contributed by atoms with E-state index in [0.717, 1.165) is 30.3 Å². The van der Waals surface area contributed by atoms with E-state index in [2.05, 4.69) is 71.0 Å². The Morgan fingerprint density at radius 3 is 2.24 bits per heavy atom. The summed E-state index contributed by atoms with van der Waals surface area (Å²) >= 11 is 1.75. The average molecular weight is 401 g/mol. The minimum Gasteiger partial charge on any atom is -0.497 e. The molecule has 4 aromatic rings. The van der Waals surface area contributed by atoms with Gasteiger partial charge in [0.15, 0.2) is 0 Å². The number of aromatic nitrogens is 1. The summed E-state index contributed by atoms with van der Waals surface area (Å²) in [5.41, 5.74) is 4.99. The Bertz CT molecular complexity index is 1020. The lowest BCUT2D eigenvalue weighted by Crippen LogP contribution is -2.16. The second-order valence-corrected chi connectivity index (χ2v) is 7.95. The molecule has 0 spiro atoms. The van der Waals surface area contributed by atoms with Gasteiger partial charge in [0.2, 0.25) is 0 Å². The summed E-state index contributed by atoms with van der Waals surface area (Å²) in [6.07, 6.45) is 2.96. The fourth-order valence-electron chi connectivity index (χ4n) is 3.20. The largest absolute Gasteiger partial charge is 0.497 e. The predicted octanol–water partition coefficient (Wildman–Crippen LogP) is 5.82. The van der Waals surface area contributed by atoms with Gasteiger partial charge in [-0.3, -0.25) is 0 Å². The first-order valence-electron chi connectivity index (χ1n) is 9.76. The van der Waals surface area contributed by atoms with E-state index in [1.807, 2.05) is 24.4 Å². The Morgan fingerprint density at radius 2 is 1.52 bits per heavy atom. The van der Waals surface area contributed by atoms with Gasteiger partial charge in [0.05, 0.1) is 12.0 Å². The van der Waals surface area contributed by atoms with E-state index in [-0.39, 0.29) is 0 Å². The molecule has 0 aliphatic rings. The molecular weight excluding hydrogens is 376 g/mol. The van der Waals surface area contributed by atoms with Gasteiger partial charge < -0.3 is 10.1 Å². The third kappa shape index (κ3) is 5.11. The number of benzene rings is 3. The number of hydrogen-bond donors (Lipinski definition) is 1. The van der Waals surface area contributed by atoms with Gasteiger partial charge in [-0.1, -0.05) is 66.7 Å². The lowest BCUT2D eigenvalue weighted by molar-refractivity contribution is 0.414. The summed E-state index contributed by atoms with van der Waals surface area (Å²) in [5, 5.41) is 4.60. The van der Waals surface area contributed by atoms with E-state index in [9.17, 15) is 0 Å². The smallest absolute Gasteiger partial charge is 0.118 e. The van der Waals surface area contributed by atoms with Crippen molar-refractivity contribution in [3.63, 3.8) is 0 Å². The number of methoxy groups -OCH3 is 1. The van der Waals surface area contributed by atoms with Gasteiger partial charge in [-0.15, -0.1) is 11.3 Å². The topological polar surface area (TPSA) is 34.1 Å². The first kappa shape index (κ1) is 19.4. The zero-order valence-corrected chi connectivity index (χ0v) is 17.3. The normalized spacial score (nSPS) is 10.8. The second-order valence-electron chi connectivity index (χ2n) is 6.84. The molecule has 0 saturated heterocycles. The van der Waals surface area contributed by atoms with Crippen LogP contribution >= 0.6 is 11.3 Å². The number of rotatable bonds is 8. The molecule has 0 unspecified atom stereocenters. The number of nitrogens with one attached hydrogen (secondary N) is 1. The Hall–Kier alpha value is -2.95. The van der Waals surface area contributed by atoms with Crippen LogP contribution in [0.15, 0.2) is 85.1 Å². The molecule has 146 valence electrons. The van der Waals surface area contributed by atoms with Crippen molar-refractivity contribution in [2.24, 2.45) is 0 Å². The van der Waals surface area contributed by atoms with Crippen molar-refractivity contribution in [2.75, 3.05) is 13.7 Å². The van der Waals surface area contributed by atoms with Gasteiger partial charge in [-0.05, 0) is 47.4 Å². The van der Waals surface area contributed by atoms with Crippen molar-refractivity contribution in [3.05, 3.63) is 95.6 Å². The summed E-state index contributed by atoms with van der Waals surface area (Å²) in [7, 11) is 1.69. The van der Waals surface area contributed by atoms with Gasteiger partial charge in [-0.25, -0.2) is 4.98 Å². The van der Waals surface area contributed by atoms with Crippen molar-refractivity contribution in [1.29, 1.82) is 0 Å². The fraction of sp³-hybridized carbons (Fsp3) is 0.160. The van der Waals surface area contributed by atoms with Gasteiger partial charge in [0.1, 0.15) is 10.8 Å². The highest BCUT2D eigenvalue weighted by atomic mass is 32.1. The maximum atomic E-state index is 5.20. The molecule has 0 atom stereocenters. The quantitative estimate of drug-likeness (QED) is 0.379. The molecule has 0 fully saturated rings. The van der Waals surface area contributed by atoms with Crippen molar-refractivity contribution in [1.82, 2.24) is 10.3 Å². The Kier molecular flexibility index (Phi) is 6.35. The molecular formula is C25H24N2OS. The minimum absolute atomic E-state index is 0.795. The molecule has 1 heterocycles. The van der Waals surface area contributed by atoms with Crippen LogP contribution in [0.4, 0.5) is 0 Å². The molecule has 1 N–H and O–H groups in total. The molecule has 29 heavy (non-hydrogen) atoms. The standard InChI is InChI=1S/C25H24N2OS/c1-28-23-13-7-19(8-14-23)15-16-26-18-25-27-17-24(29-25)22-11-9-21(10-12-22)20-5-3-2-4-6-20/h2-14,17,26H,15-16,18H2,1H3. The minimum atomic E-state index is 0.795. The van der Waals surface area contributed by atoms with Crippen LogP contribution < -0.4 is 10.1 Å². The Labute approximate surface area is 176 Å². The van der Waals surface area contributed by atoms with Crippen molar-refractivity contribution < 1.29 is 4.74 Å². The fourth-order valence-corrected chi connectivity index (χ4v) is 4.10. The molecule has 0 bridgehead atoms. The zero-order valence-electron chi connectivity index (χ0n) is 16.5. The Balaban J connectivity index is 1.30. The molecule has 0 radical (unpaired) electrons. The first-order chi connectivity index (χ1) is 14.3. The molecule has 0 aliphatic heterocycles. The van der Waals surface area contributed by atoms with E-state index in [4.69, 9.17) is 4.74 Å². The van der Waals surface area contributed by atoms with Crippen LogP contribution in [0.25, 0.3) is 21.6 Å². The highest BCUT2D eigenvalue weighted by Crippen LogP contribution is 2.28. The van der Waals surface area contributed by atoms with Gasteiger partial charge in [-0.2, -0.15) is 0 Å². The lowest BCUT2D eigenvalue weighted by Gasteiger charge is -2.04. The van der Waals surface area contributed by atoms with E-state index in [1.165, 1.54) is 27.1 Å². The number of thiazole rings is 1. The zero-order chi connectivity index (χ0) is 19.9. The SMILES string of the molecule is COc1ccc(CCNCc2ncc(-c3ccc(-c4ccccc4)cc3)s2)cc1. The van der Waals surface area contributed by atoms with E-state index in [1.54, 1.807) is 18.4 Å². The molecule has 3 nitrogen and oxygen atoms in total. The lowest BCUT2D eigenvalue weighted by atomic mass is 10.0. The van der Waals surface area contributed by atoms with Crippen molar-refractivity contribution in [2.45, 2.75) is 13.0 Å². The van der Waals surface area contributed by atoms with Gasteiger partial charge >= 0.3 is 0 Å². The summed E-state index contributed by atoms with van der Waals surface area (Å²) in [6, 6.07) is 27.4. The summed E-state index contributed by atoms with van der Waals surface area (Å²) < 4.78 is 5.20. The van der Waals surface area contributed by atoms with Crippen LogP contribution in [-0.4, -0.2) is 18.6 Å². The molecule has 0 saturated carbocycles. The predicted molar refractivity (Wildman–Crippen MR) is 121 cm³/mol. The number of hydrogen-bond acceptors (Lipinski definition) is 4. The van der Waals surface area contributed by atoms with Crippen LogP contribution in [0.3, 0.4) is 0 Å². The van der Waals surface area contributed by atoms with E-state index in [0.29, 0.717) is 0 Å². The number of nitrogens with zero attached hydrogens (tertiary/aromatic N) is 1. The van der Waals surface area contributed by atoms with Gasteiger partial charge in [0, 0.05) is 12.7 Å². The van der Waals surface area contributed by atoms with Gasteiger partial charge in [0.25, 0.3) is 0 Å². The average Bonchev–Trinajstić information content (AvgIpc) is 3.27. The summed E-state index contributed by atoms with van der Waals surface area (Å²) in [6.45, 7) is 1.72. The third-order valence-corrected chi connectivity index (χ3v) is 5.90. The molecule has 0 aliphatic carbocycles. The van der Waals surface area contributed by atoms with Crippen LogP contribution in [0.5, 0.6) is 5.75 Å². The monoisotopic (exact) mass is 400 g/mol. The molecule has 1 aromatic heterocycles. The van der Waals surface area contributed by atoms with Crippen molar-refractivity contribution in [3.8, 4) is 27.3 Å². The summed E-state index contributed by atoms with van der Waals surface area (Å²) in [5.74, 6) is 0.897. The maximum absolute atomic E-state index is 5.20. The highest BCUT2D eigenvalue weighted by molar-refractivity contribution is 7.15. The van der Waals surface area contributed by atoms with Crippen LogP contribution in [0.2, 0.25) is 0 Å². The molecule has 4 heteroatoms. The Morgan fingerprint density at radius 1 is 0.828 bits per heavy atom. The molecule has 3 aromatic carbocycles. The van der Waals surface area contributed by atoms with Crippen molar-refractivity contribution >= 4 is 11.3 Å². The summed E-state index contributed by atoms with van der Waals surface area (Å²) in [4.78, 5) is 5.79. The second kappa shape index (κ2) is 9.50. The number of ether oxygens (including phenoxy) is 1. The highest BCUT2D eigenvalue weighted by Gasteiger charge is 2.05. The maximum Gasteiger partial charge on any atom is 0.118 e. The molecule has 0 amide bonds. The van der Waals surface area contributed by atoms with Crippen LogP contribution in [-0.2, 0) is 13.0 Å². The first-order valence-corrected chi connectivity index (χ1v) is 10.6. The van der Waals surface area contributed by atoms with E-state index >= 15 is 0 Å². The molecule has 4 rings (SSSR count). The van der Waals surface area contributed by atoms with E-state index < -0.39 is 0 Å². The van der Waals surface area contributed by atoms with Crippen LogP contribution in [0.1, 0.15) is 10.6 Å².